The Kier molecular flexibility index (Phi) is 3.71. The van der Waals surface area contributed by atoms with E-state index in [1.54, 1.807) is 11.4 Å². The van der Waals surface area contributed by atoms with Crippen LogP contribution in [0.1, 0.15) is 33.1 Å². The molecule has 2 heterocycles. The van der Waals surface area contributed by atoms with Crippen molar-refractivity contribution in [2.24, 2.45) is 7.05 Å². The van der Waals surface area contributed by atoms with Gasteiger partial charge in [0.25, 0.3) is 10.0 Å². The molecule has 1 saturated heterocycles. The highest BCUT2D eigenvalue weighted by molar-refractivity contribution is 7.89. The first-order valence-corrected chi connectivity index (χ1v) is 7.88. The molecule has 102 valence electrons. The second-order valence-electron chi connectivity index (χ2n) is 4.92. The Bertz CT molecular complexity index is 530. The lowest BCUT2D eigenvalue weighted by atomic mass is 10.0. The summed E-state index contributed by atoms with van der Waals surface area (Å²) in [4.78, 5) is 3.93. The molecule has 1 fully saturated rings. The van der Waals surface area contributed by atoms with E-state index in [1.165, 1.54) is 10.9 Å². The van der Waals surface area contributed by atoms with Crippen molar-refractivity contribution in [2.75, 3.05) is 0 Å². The molecule has 0 spiro atoms. The molecule has 0 aromatic carbocycles. The molecule has 1 aromatic heterocycles. The fraction of sp³-hybridized carbons (Fsp3) is 0.727. The van der Waals surface area contributed by atoms with Crippen LogP contribution in [0.25, 0.3) is 0 Å². The first-order valence-electron chi connectivity index (χ1n) is 6.06. The number of piperidine rings is 1. The Hall–Kier alpha value is -0.590. The largest absolute Gasteiger partial charge is 0.324 e. The van der Waals surface area contributed by atoms with E-state index in [0.717, 1.165) is 19.3 Å². The summed E-state index contributed by atoms with van der Waals surface area (Å²) >= 11 is 6.00. The summed E-state index contributed by atoms with van der Waals surface area (Å²) in [6.07, 6.45) is 4.25. The molecule has 5 nitrogen and oxygen atoms in total. The highest BCUT2D eigenvalue weighted by Crippen LogP contribution is 2.31. The van der Waals surface area contributed by atoms with Gasteiger partial charge in [-0.15, -0.1) is 0 Å². The van der Waals surface area contributed by atoms with Crippen LogP contribution in [0.3, 0.4) is 0 Å². The Morgan fingerprint density at radius 1 is 1.33 bits per heavy atom. The number of hydrogen-bond acceptors (Lipinski definition) is 3. The maximum Gasteiger partial charge on any atom is 0.264 e. The van der Waals surface area contributed by atoms with Crippen molar-refractivity contribution in [1.82, 2.24) is 13.9 Å². The van der Waals surface area contributed by atoms with Gasteiger partial charge in [0.15, 0.2) is 0 Å². The predicted octanol–water partition coefficient (Wildman–Crippen LogP) is 2.03. The van der Waals surface area contributed by atoms with E-state index in [9.17, 15) is 8.42 Å². The van der Waals surface area contributed by atoms with E-state index in [-0.39, 0.29) is 22.3 Å². The lowest BCUT2D eigenvalue weighted by Crippen LogP contribution is -2.47. The minimum Gasteiger partial charge on any atom is -0.324 e. The van der Waals surface area contributed by atoms with Crippen LogP contribution in [0, 0.1) is 0 Å². The number of hydrogen-bond donors (Lipinski definition) is 0. The minimum absolute atomic E-state index is 0.00294. The molecule has 1 aliphatic heterocycles. The third-order valence-corrected chi connectivity index (χ3v) is 6.09. The zero-order chi connectivity index (χ0) is 13.5. The predicted molar refractivity (Wildman–Crippen MR) is 70.0 cm³/mol. The zero-order valence-electron chi connectivity index (χ0n) is 10.8. The van der Waals surface area contributed by atoms with Gasteiger partial charge in [-0.2, -0.15) is 4.31 Å². The fourth-order valence-corrected chi connectivity index (χ4v) is 4.82. The first-order chi connectivity index (χ1) is 8.35. The van der Waals surface area contributed by atoms with E-state index >= 15 is 0 Å². The first kappa shape index (κ1) is 13.8. The third kappa shape index (κ3) is 2.17. The third-order valence-electron chi connectivity index (χ3n) is 3.47. The van der Waals surface area contributed by atoms with E-state index in [4.69, 9.17) is 11.6 Å². The van der Waals surface area contributed by atoms with Crippen molar-refractivity contribution in [3.63, 3.8) is 0 Å². The number of sulfonamides is 1. The number of aryl methyl sites for hydroxylation is 1. The Morgan fingerprint density at radius 2 is 1.89 bits per heavy atom. The second kappa shape index (κ2) is 4.83. The molecule has 0 bridgehead atoms. The second-order valence-corrected chi connectivity index (χ2v) is 7.03. The summed E-state index contributed by atoms with van der Waals surface area (Å²) in [5, 5.41) is 0.132. The van der Waals surface area contributed by atoms with Gasteiger partial charge in [-0.3, -0.25) is 0 Å². The molecule has 1 aliphatic rings. The topological polar surface area (TPSA) is 55.2 Å². The summed E-state index contributed by atoms with van der Waals surface area (Å²) < 4.78 is 28.3. The van der Waals surface area contributed by atoms with Crippen LogP contribution in [-0.2, 0) is 17.1 Å². The minimum atomic E-state index is -3.60. The summed E-state index contributed by atoms with van der Waals surface area (Å²) in [6.45, 7) is 3.87. The van der Waals surface area contributed by atoms with Gasteiger partial charge in [0.1, 0.15) is 5.15 Å². The fourth-order valence-electron chi connectivity index (χ4n) is 2.54. The number of imidazole rings is 1. The Balaban J connectivity index is 2.44. The summed E-state index contributed by atoms with van der Waals surface area (Å²) in [5.41, 5.74) is 0. The molecule has 0 aliphatic carbocycles. The Labute approximate surface area is 113 Å². The number of aromatic nitrogens is 2. The average molecular weight is 292 g/mol. The van der Waals surface area contributed by atoms with E-state index in [0.29, 0.717) is 0 Å². The summed E-state index contributed by atoms with van der Waals surface area (Å²) in [7, 11) is -1.92. The van der Waals surface area contributed by atoms with Gasteiger partial charge in [0, 0.05) is 19.1 Å². The molecule has 18 heavy (non-hydrogen) atoms. The van der Waals surface area contributed by atoms with Crippen LogP contribution in [0.4, 0.5) is 0 Å². The van der Waals surface area contributed by atoms with Crippen LogP contribution in [0.15, 0.2) is 11.4 Å². The highest BCUT2D eigenvalue weighted by Gasteiger charge is 2.38. The molecule has 1 aromatic rings. The van der Waals surface area contributed by atoms with Gasteiger partial charge in [-0.1, -0.05) is 18.0 Å². The number of rotatable bonds is 2. The van der Waals surface area contributed by atoms with Gasteiger partial charge >= 0.3 is 0 Å². The van der Waals surface area contributed by atoms with E-state index in [1.807, 2.05) is 13.8 Å². The molecule has 2 rings (SSSR count). The maximum atomic E-state index is 12.6. The average Bonchev–Trinajstić information content (AvgIpc) is 2.59. The maximum absolute atomic E-state index is 12.6. The molecule has 2 unspecified atom stereocenters. The lowest BCUT2D eigenvalue weighted by Gasteiger charge is -2.37. The zero-order valence-corrected chi connectivity index (χ0v) is 12.4. The molecule has 0 radical (unpaired) electrons. The highest BCUT2D eigenvalue weighted by atomic mass is 35.5. The van der Waals surface area contributed by atoms with Crippen LogP contribution in [-0.4, -0.2) is 34.4 Å². The number of halogens is 1. The van der Waals surface area contributed by atoms with E-state index < -0.39 is 10.0 Å². The molecular weight excluding hydrogens is 274 g/mol. The quantitative estimate of drug-likeness (QED) is 0.838. The molecule has 0 amide bonds. The SMILES string of the molecule is CC1CCCC(C)N1S(=O)(=O)c1ncn(C)c1Cl. The summed E-state index contributed by atoms with van der Waals surface area (Å²) in [6, 6.07) is -0.00588. The van der Waals surface area contributed by atoms with Crippen LogP contribution in [0.2, 0.25) is 5.15 Å². The van der Waals surface area contributed by atoms with Crippen LogP contribution >= 0.6 is 11.6 Å². The van der Waals surface area contributed by atoms with Gasteiger partial charge < -0.3 is 4.57 Å². The van der Waals surface area contributed by atoms with Gasteiger partial charge in [-0.25, -0.2) is 13.4 Å². The monoisotopic (exact) mass is 291 g/mol. The summed E-state index contributed by atoms with van der Waals surface area (Å²) in [5.74, 6) is 0. The van der Waals surface area contributed by atoms with Crippen molar-refractivity contribution in [3.8, 4) is 0 Å². The van der Waals surface area contributed by atoms with Gasteiger partial charge in [-0.05, 0) is 26.7 Å². The van der Waals surface area contributed by atoms with Gasteiger partial charge in [0.05, 0.1) is 6.33 Å². The lowest BCUT2D eigenvalue weighted by molar-refractivity contribution is 0.204. The van der Waals surface area contributed by atoms with Crippen molar-refractivity contribution < 1.29 is 8.42 Å². The molecular formula is C11H18ClN3O2S. The number of nitrogens with zero attached hydrogens (tertiary/aromatic N) is 3. The molecule has 2 atom stereocenters. The van der Waals surface area contributed by atoms with Crippen molar-refractivity contribution in [2.45, 2.75) is 50.2 Å². The van der Waals surface area contributed by atoms with Crippen LogP contribution in [0.5, 0.6) is 0 Å². The van der Waals surface area contributed by atoms with E-state index in [2.05, 4.69) is 4.98 Å². The van der Waals surface area contributed by atoms with Crippen molar-refractivity contribution in [3.05, 3.63) is 11.5 Å². The molecule has 0 N–H and O–H groups in total. The molecule has 0 saturated carbocycles. The van der Waals surface area contributed by atoms with Crippen molar-refractivity contribution in [1.29, 1.82) is 0 Å². The van der Waals surface area contributed by atoms with Crippen LogP contribution < -0.4 is 0 Å². The molecule has 7 heteroatoms. The normalized spacial score (nSPS) is 26.4. The van der Waals surface area contributed by atoms with Gasteiger partial charge in [0.2, 0.25) is 5.03 Å². The smallest absolute Gasteiger partial charge is 0.264 e. The Morgan fingerprint density at radius 3 is 2.33 bits per heavy atom. The van der Waals surface area contributed by atoms with Crippen molar-refractivity contribution >= 4 is 21.6 Å². The standard InChI is InChI=1S/C11H18ClN3O2S/c1-8-5-4-6-9(2)15(8)18(16,17)11-10(12)14(3)7-13-11/h7-9H,4-6H2,1-3H3.